The van der Waals surface area contributed by atoms with Crippen molar-refractivity contribution in [1.82, 2.24) is 4.98 Å². The number of carboxylic acids is 1. The predicted octanol–water partition coefficient (Wildman–Crippen LogP) is 2.77. The van der Waals surface area contributed by atoms with Crippen LogP contribution in [0.2, 0.25) is 0 Å². The minimum absolute atomic E-state index is 0.106. The number of hydrogen-bond acceptors (Lipinski definition) is 3. The second-order valence-electron chi connectivity index (χ2n) is 5.56. The lowest BCUT2D eigenvalue weighted by Gasteiger charge is -2.42. The normalized spacial score (nSPS) is 21.1. The van der Waals surface area contributed by atoms with Crippen molar-refractivity contribution in [3.8, 4) is 0 Å². The molecule has 96 valence electrons. The first kappa shape index (κ1) is 11.5. The molecule has 0 bridgehead atoms. The Kier molecular flexibility index (Phi) is 2.73. The van der Waals surface area contributed by atoms with E-state index in [0.29, 0.717) is 11.2 Å². The van der Waals surface area contributed by atoms with E-state index in [0.717, 1.165) is 12.5 Å². The third kappa shape index (κ3) is 2.07. The molecule has 0 aliphatic heterocycles. The van der Waals surface area contributed by atoms with Gasteiger partial charge in [-0.05, 0) is 49.1 Å². The molecule has 4 nitrogen and oxygen atoms in total. The summed E-state index contributed by atoms with van der Waals surface area (Å²) < 4.78 is 0. The average Bonchev–Trinajstić information content (AvgIpc) is 3.13. The van der Waals surface area contributed by atoms with Crippen LogP contribution in [0.25, 0.3) is 0 Å². The van der Waals surface area contributed by atoms with E-state index in [1.807, 2.05) is 6.07 Å². The molecule has 0 saturated heterocycles. The zero-order valence-corrected chi connectivity index (χ0v) is 10.4. The summed E-state index contributed by atoms with van der Waals surface area (Å²) in [6.07, 6.45) is 6.68. The van der Waals surface area contributed by atoms with Crippen molar-refractivity contribution >= 4 is 11.8 Å². The number of rotatable bonds is 5. The van der Waals surface area contributed by atoms with Crippen molar-refractivity contribution < 1.29 is 9.90 Å². The lowest BCUT2D eigenvalue weighted by Crippen LogP contribution is -2.38. The van der Waals surface area contributed by atoms with E-state index in [9.17, 15) is 4.79 Å². The van der Waals surface area contributed by atoms with Gasteiger partial charge in [-0.1, -0.05) is 12.5 Å². The van der Waals surface area contributed by atoms with Crippen LogP contribution in [0.3, 0.4) is 0 Å². The third-order valence-electron chi connectivity index (χ3n) is 4.38. The van der Waals surface area contributed by atoms with Gasteiger partial charge in [0.25, 0.3) is 0 Å². The fourth-order valence-corrected chi connectivity index (χ4v) is 2.97. The first-order chi connectivity index (χ1) is 8.70. The molecule has 0 spiro atoms. The van der Waals surface area contributed by atoms with Crippen LogP contribution in [0.5, 0.6) is 0 Å². The van der Waals surface area contributed by atoms with Crippen molar-refractivity contribution in [3.63, 3.8) is 0 Å². The van der Waals surface area contributed by atoms with Gasteiger partial charge < -0.3 is 10.4 Å². The quantitative estimate of drug-likeness (QED) is 0.838. The number of pyridine rings is 1. The standard InChI is InChI=1S/C14H18N2O2/c17-13(18)11-3-1-4-12(16-11)15-9-14(7-2-8-14)10-5-6-10/h1,3-4,10H,2,5-9H2,(H,15,16)(H,17,18). The molecule has 1 heterocycles. The smallest absolute Gasteiger partial charge is 0.354 e. The Hall–Kier alpha value is -1.58. The van der Waals surface area contributed by atoms with Gasteiger partial charge in [-0.2, -0.15) is 0 Å². The number of nitrogens with one attached hydrogen (secondary N) is 1. The molecule has 1 aromatic rings. The zero-order chi connectivity index (χ0) is 12.6. The number of anilines is 1. The van der Waals surface area contributed by atoms with Crippen LogP contribution >= 0.6 is 0 Å². The highest BCUT2D eigenvalue weighted by molar-refractivity contribution is 5.85. The second-order valence-corrected chi connectivity index (χ2v) is 5.56. The summed E-state index contributed by atoms with van der Waals surface area (Å²) in [6.45, 7) is 0.938. The monoisotopic (exact) mass is 246 g/mol. The number of hydrogen-bond donors (Lipinski definition) is 2. The topological polar surface area (TPSA) is 62.2 Å². The highest BCUT2D eigenvalue weighted by atomic mass is 16.4. The Morgan fingerprint density at radius 2 is 2.22 bits per heavy atom. The van der Waals surface area contributed by atoms with Crippen molar-refractivity contribution in [2.45, 2.75) is 32.1 Å². The molecule has 2 saturated carbocycles. The number of nitrogens with zero attached hydrogens (tertiary/aromatic N) is 1. The molecule has 2 aliphatic carbocycles. The molecule has 0 atom stereocenters. The lowest BCUT2D eigenvalue weighted by molar-refractivity contribution is 0.0690. The van der Waals surface area contributed by atoms with Gasteiger partial charge in [-0.15, -0.1) is 0 Å². The first-order valence-corrected chi connectivity index (χ1v) is 6.64. The van der Waals surface area contributed by atoms with Gasteiger partial charge in [0, 0.05) is 6.54 Å². The number of carbonyl (C=O) groups is 1. The van der Waals surface area contributed by atoms with Crippen LogP contribution in [0.15, 0.2) is 18.2 Å². The Morgan fingerprint density at radius 1 is 1.44 bits per heavy atom. The van der Waals surface area contributed by atoms with Crippen LogP contribution in [-0.4, -0.2) is 22.6 Å². The van der Waals surface area contributed by atoms with Crippen molar-refractivity contribution in [3.05, 3.63) is 23.9 Å². The van der Waals surface area contributed by atoms with E-state index in [1.165, 1.54) is 38.2 Å². The van der Waals surface area contributed by atoms with Gasteiger partial charge >= 0.3 is 5.97 Å². The Labute approximate surface area is 106 Å². The van der Waals surface area contributed by atoms with Gasteiger partial charge in [-0.25, -0.2) is 9.78 Å². The second kappa shape index (κ2) is 4.26. The Morgan fingerprint density at radius 3 is 2.78 bits per heavy atom. The number of aromatic nitrogens is 1. The largest absolute Gasteiger partial charge is 0.477 e. The highest BCUT2D eigenvalue weighted by Gasteiger charge is 2.48. The Balaban J connectivity index is 1.65. The van der Waals surface area contributed by atoms with Gasteiger partial charge in [-0.3, -0.25) is 0 Å². The van der Waals surface area contributed by atoms with Crippen molar-refractivity contribution in [2.75, 3.05) is 11.9 Å². The Bertz CT molecular complexity index is 465. The number of carboxylic acid groups (broad SMARTS) is 1. The minimum atomic E-state index is -0.973. The SMILES string of the molecule is O=C(O)c1cccc(NCC2(C3CC3)CCC2)n1. The molecular formula is C14H18N2O2. The molecule has 18 heavy (non-hydrogen) atoms. The van der Waals surface area contributed by atoms with E-state index in [-0.39, 0.29) is 5.69 Å². The third-order valence-corrected chi connectivity index (χ3v) is 4.38. The summed E-state index contributed by atoms with van der Waals surface area (Å²) in [6, 6.07) is 5.10. The summed E-state index contributed by atoms with van der Waals surface area (Å²) in [7, 11) is 0. The van der Waals surface area contributed by atoms with E-state index in [4.69, 9.17) is 5.11 Å². The summed E-state index contributed by atoms with van der Waals surface area (Å²) in [5.74, 6) is 0.599. The molecule has 2 fully saturated rings. The van der Waals surface area contributed by atoms with Crippen LogP contribution < -0.4 is 5.32 Å². The highest BCUT2D eigenvalue weighted by Crippen LogP contribution is 2.56. The van der Waals surface area contributed by atoms with Crippen molar-refractivity contribution in [1.29, 1.82) is 0 Å². The predicted molar refractivity (Wildman–Crippen MR) is 68.7 cm³/mol. The molecule has 0 amide bonds. The van der Waals surface area contributed by atoms with Crippen LogP contribution in [0.1, 0.15) is 42.6 Å². The minimum Gasteiger partial charge on any atom is -0.477 e. The van der Waals surface area contributed by atoms with Crippen LogP contribution in [0, 0.1) is 11.3 Å². The maximum atomic E-state index is 10.8. The molecular weight excluding hydrogens is 228 g/mol. The number of aromatic carboxylic acids is 1. The van der Waals surface area contributed by atoms with E-state index in [2.05, 4.69) is 10.3 Å². The molecule has 2 N–H and O–H groups in total. The van der Waals surface area contributed by atoms with Crippen molar-refractivity contribution in [2.24, 2.45) is 11.3 Å². The summed E-state index contributed by atoms with van der Waals surface area (Å²) >= 11 is 0. The summed E-state index contributed by atoms with van der Waals surface area (Å²) in [5.41, 5.74) is 0.579. The molecule has 1 aromatic heterocycles. The molecule has 0 radical (unpaired) electrons. The van der Waals surface area contributed by atoms with Crippen LogP contribution in [0.4, 0.5) is 5.82 Å². The summed E-state index contributed by atoms with van der Waals surface area (Å²) in [4.78, 5) is 15.0. The fraction of sp³-hybridized carbons (Fsp3) is 0.571. The maximum absolute atomic E-state index is 10.8. The molecule has 0 aromatic carbocycles. The van der Waals surface area contributed by atoms with E-state index in [1.54, 1.807) is 6.07 Å². The average molecular weight is 246 g/mol. The molecule has 2 aliphatic rings. The lowest BCUT2D eigenvalue weighted by atomic mass is 9.65. The van der Waals surface area contributed by atoms with Gasteiger partial charge in [0.2, 0.25) is 0 Å². The first-order valence-electron chi connectivity index (χ1n) is 6.64. The van der Waals surface area contributed by atoms with Gasteiger partial charge in [0.1, 0.15) is 5.82 Å². The van der Waals surface area contributed by atoms with Gasteiger partial charge in [0.05, 0.1) is 0 Å². The molecule has 3 rings (SSSR count). The summed E-state index contributed by atoms with van der Waals surface area (Å²) in [5, 5.41) is 12.2. The van der Waals surface area contributed by atoms with E-state index < -0.39 is 5.97 Å². The van der Waals surface area contributed by atoms with Crippen LogP contribution in [-0.2, 0) is 0 Å². The van der Waals surface area contributed by atoms with E-state index >= 15 is 0 Å². The molecule has 0 unspecified atom stereocenters. The zero-order valence-electron chi connectivity index (χ0n) is 10.4. The fourth-order valence-electron chi connectivity index (χ4n) is 2.97. The van der Waals surface area contributed by atoms with Gasteiger partial charge in [0.15, 0.2) is 5.69 Å². The molecule has 4 heteroatoms. The maximum Gasteiger partial charge on any atom is 0.354 e.